The minimum atomic E-state index is -3.13. The van der Waals surface area contributed by atoms with Crippen LogP contribution in [0.4, 0.5) is 11.4 Å². The Morgan fingerprint density at radius 1 is 1.53 bits per heavy atom. The first-order chi connectivity index (χ1) is 8.95. The summed E-state index contributed by atoms with van der Waals surface area (Å²) in [5.41, 5.74) is 7.25. The Bertz CT molecular complexity index is 563. The molecule has 19 heavy (non-hydrogen) atoms. The van der Waals surface area contributed by atoms with Gasteiger partial charge in [0, 0.05) is 28.8 Å². The van der Waals surface area contributed by atoms with Crippen LogP contribution in [0.5, 0.6) is 0 Å². The molecule has 2 rings (SSSR count). The van der Waals surface area contributed by atoms with Gasteiger partial charge in [0.1, 0.15) is 5.37 Å². The number of nitrogen functional groups attached to an aromatic ring is 1. The van der Waals surface area contributed by atoms with Gasteiger partial charge in [-0.05, 0) is 18.2 Å². The monoisotopic (exact) mass is 320 g/mol. The predicted octanol–water partition coefficient (Wildman–Crippen LogP) is 2.24. The average Bonchev–Trinajstić information content (AvgIpc) is 2.39. The highest BCUT2D eigenvalue weighted by atomic mass is 35.5. The summed E-state index contributed by atoms with van der Waals surface area (Å²) in [5.74, 6) is 1.62. The summed E-state index contributed by atoms with van der Waals surface area (Å²) in [7, 11) is -3.13. The Morgan fingerprint density at radius 3 is 2.89 bits per heavy atom. The van der Waals surface area contributed by atoms with Gasteiger partial charge in [0.25, 0.3) is 0 Å². The number of hydrogen-bond acceptors (Lipinski definition) is 5. The second kappa shape index (κ2) is 5.81. The fraction of sp³-hybridized carbons (Fsp3) is 0.500. The number of nitrogens with zero attached hydrogens (tertiary/aromatic N) is 1. The summed E-state index contributed by atoms with van der Waals surface area (Å²) in [5, 5.41) is 0.0576. The molecule has 1 atom stereocenters. The van der Waals surface area contributed by atoms with E-state index in [9.17, 15) is 8.42 Å². The van der Waals surface area contributed by atoms with Crippen LogP contribution in [0, 0.1) is 0 Å². The van der Waals surface area contributed by atoms with Crippen LogP contribution in [0.2, 0.25) is 5.02 Å². The van der Waals surface area contributed by atoms with Crippen molar-refractivity contribution < 1.29 is 8.42 Å². The van der Waals surface area contributed by atoms with E-state index in [1.165, 1.54) is 0 Å². The number of sulfone groups is 1. The highest BCUT2D eigenvalue weighted by Gasteiger charge is 2.33. The molecule has 7 heteroatoms. The van der Waals surface area contributed by atoms with E-state index in [0.29, 0.717) is 23.0 Å². The van der Waals surface area contributed by atoms with E-state index in [-0.39, 0.29) is 5.75 Å². The predicted molar refractivity (Wildman–Crippen MR) is 83.8 cm³/mol. The van der Waals surface area contributed by atoms with Crippen LogP contribution in [-0.2, 0) is 9.84 Å². The molecule has 4 nitrogen and oxygen atoms in total. The molecule has 1 aliphatic heterocycles. The minimum absolute atomic E-state index is 0.141. The van der Waals surface area contributed by atoms with Crippen LogP contribution in [-0.4, -0.2) is 37.6 Å². The van der Waals surface area contributed by atoms with Gasteiger partial charge in [0.15, 0.2) is 9.84 Å². The zero-order chi connectivity index (χ0) is 14.0. The molecular weight excluding hydrogens is 304 g/mol. The highest BCUT2D eigenvalue weighted by molar-refractivity contribution is 8.01. The molecule has 0 amide bonds. The lowest BCUT2D eigenvalue weighted by Gasteiger charge is -2.37. The van der Waals surface area contributed by atoms with Crippen molar-refractivity contribution in [3.63, 3.8) is 0 Å². The van der Waals surface area contributed by atoms with Crippen LogP contribution in [0.3, 0.4) is 0 Å². The van der Waals surface area contributed by atoms with E-state index >= 15 is 0 Å². The van der Waals surface area contributed by atoms with E-state index in [4.69, 9.17) is 17.3 Å². The number of benzene rings is 1. The first-order valence-electron chi connectivity index (χ1n) is 6.06. The van der Waals surface area contributed by atoms with Gasteiger partial charge in [-0.1, -0.05) is 18.5 Å². The maximum Gasteiger partial charge on any atom is 0.171 e. The Hall–Kier alpha value is -0.590. The summed E-state index contributed by atoms with van der Waals surface area (Å²) in [6.07, 6.45) is 0. The van der Waals surface area contributed by atoms with Crippen molar-refractivity contribution in [1.29, 1.82) is 0 Å². The smallest absolute Gasteiger partial charge is 0.171 e. The number of halogens is 1. The van der Waals surface area contributed by atoms with E-state index in [2.05, 4.69) is 0 Å². The number of anilines is 2. The van der Waals surface area contributed by atoms with E-state index in [0.717, 1.165) is 11.4 Å². The maximum atomic E-state index is 12.2. The highest BCUT2D eigenvalue weighted by Crippen LogP contribution is 2.32. The fourth-order valence-corrected chi connectivity index (χ4v) is 5.30. The molecule has 0 bridgehead atoms. The minimum Gasteiger partial charge on any atom is -0.397 e. The summed E-state index contributed by atoms with van der Waals surface area (Å²) in [6.45, 7) is 2.36. The first-order valence-corrected chi connectivity index (χ1v) is 9.31. The molecule has 1 saturated heterocycles. The average molecular weight is 321 g/mol. The largest absolute Gasteiger partial charge is 0.397 e. The zero-order valence-corrected chi connectivity index (χ0v) is 13.1. The van der Waals surface area contributed by atoms with Crippen molar-refractivity contribution in [3.8, 4) is 0 Å². The van der Waals surface area contributed by atoms with E-state index < -0.39 is 15.2 Å². The summed E-state index contributed by atoms with van der Waals surface area (Å²) >= 11 is 7.55. The molecule has 2 N–H and O–H groups in total. The molecule has 1 aromatic rings. The van der Waals surface area contributed by atoms with Gasteiger partial charge >= 0.3 is 0 Å². The van der Waals surface area contributed by atoms with Gasteiger partial charge in [-0.3, -0.25) is 0 Å². The second-order valence-corrected chi connectivity index (χ2v) is 8.41. The van der Waals surface area contributed by atoms with Gasteiger partial charge < -0.3 is 10.6 Å². The lowest BCUT2D eigenvalue weighted by molar-refractivity contribution is 0.580. The summed E-state index contributed by atoms with van der Waals surface area (Å²) in [6, 6.07) is 5.20. The van der Waals surface area contributed by atoms with Gasteiger partial charge in [-0.15, -0.1) is 0 Å². The Morgan fingerprint density at radius 2 is 2.26 bits per heavy atom. The Labute approximate surface area is 123 Å². The topological polar surface area (TPSA) is 63.4 Å². The molecule has 1 unspecified atom stereocenters. The van der Waals surface area contributed by atoms with Crippen molar-refractivity contribution in [2.75, 3.05) is 34.4 Å². The molecule has 1 aromatic carbocycles. The van der Waals surface area contributed by atoms with Crippen LogP contribution in [0.25, 0.3) is 0 Å². The maximum absolute atomic E-state index is 12.2. The van der Waals surface area contributed by atoms with Gasteiger partial charge in [-0.2, -0.15) is 11.8 Å². The third-order valence-corrected chi connectivity index (χ3v) is 6.72. The molecule has 0 radical (unpaired) electrons. The third kappa shape index (κ3) is 3.12. The first kappa shape index (κ1) is 14.8. The van der Waals surface area contributed by atoms with Gasteiger partial charge in [-0.25, -0.2) is 8.42 Å². The van der Waals surface area contributed by atoms with Crippen molar-refractivity contribution in [2.45, 2.75) is 12.3 Å². The summed E-state index contributed by atoms with van der Waals surface area (Å²) in [4.78, 5) is 1.89. The van der Waals surface area contributed by atoms with Crippen molar-refractivity contribution >= 4 is 44.6 Å². The molecule has 0 saturated carbocycles. The van der Waals surface area contributed by atoms with Crippen molar-refractivity contribution in [3.05, 3.63) is 23.2 Å². The van der Waals surface area contributed by atoms with Crippen molar-refractivity contribution in [2.24, 2.45) is 0 Å². The lowest BCUT2D eigenvalue weighted by Crippen LogP contribution is -2.48. The van der Waals surface area contributed by atoms with Gasteiger partial charge in [0.05, 0.1) is 11.4 Å². The molecule has 0 spiro atoms. The molecule has 1 aliphatic rings. The molecule has 0 aromatic heterocycles. The van der Waals surface area contributed by atoms with Crippen LogP contribution in [0.15, 0.2) is 18.2 Å². The molecule has 0 aliphatic carbocycles. The lowest BCUT2D eigenvalue weighted by atomic mass is 10.2. The van der Waals surface area contributed by atoms with Crippen LogP contribution >= 0.6 is 23.4 Å². The molecule has 1 fully saturated rings. The van der Waals surface area contributed by atoms with Crippen LogP contribution in [0.1, 0.15) is 6.92 Å². The standard InChI is InChI=1S/C12H17ClN2O2S2/c1-2-19(16,17)12-8-18-6-5-15(12)11-4-3-9(13)7-10(11)14/h3-4,7,12H,2,5-6,8,14H2,1H3. The van der Waals surface area contributed by atoms with E-state index in [1.54, 1.807) is 36.9 Å². The number of thioether (sulfide) groups is 1. The molecule has 106 valence electrons. The fourth-order valence-electron chi connectivity index (χ4n) is 2.13. The van der Waals surface area contributed by atoms with Gasteiger partial charge in [0.2, 0.25) is 0 Å². The van der Waals surface area contributed by atoms with Crippen molar-refractivity contribution in [1.82, 2.24) is 0 Å². The third-order valence-electron chi connectivity index (χ3n) is 3.20. The second-order valence-electron chi connectivity index (χ2n) is 4.38. The Kier molecular flexibility index (Phi) is 4.53. The number of rotatable bonds is 3. The molecule has 1 heterocycles. The molecular formula is C12H17ClN2O2S2. The number of nitrogens with two attached hydrogens (primary N) is 1. The number of hydrogen-bond donors (Lipinski definition) is 1. The van der Waals surface area contributed by atoms with E-state index in [1.807, 2.05) is 4.90 Å². The SMILES string of the molecule is CCS(=O)(=O)C1CSCCN1c1ccc(Cl)cc1N. The Balaban J connectivity index is 2.40. The zero-order valence-electron chi connectivity index (χ0n) is 10.7. The summed E-state index contributed by atoms with van der Waals surface area (Å²) < 4.78 is 24.4. The normalized spacial score (nSPS) is 20.5. The quantitative estimate of drug-likeness (QED) is 0.865. The van der Waals surface area contributed by atoms with Crippen LogP contribution < -0.4 is 10.6 Å².